The Bertz CT molecular complexity index is 436. The van der Waals surface area contributed by atoms with Crippen LogP contribution in [-0.4, -0.2) is 23.1 Å². The summed E-state index contributed by atoms with van der Waals surface area (Å²) in [6.45, 7) is 2.18. The lowest BCUT2D eigenvalue weighted by Crippen LogP contribution is -2.39. The molecule has 0 bridgehead atoms. The lowest BCUT2D eigenvalue weighted by molar-refractivity contribution is 0.226. The second kappa shape index (κ2) is 4.97. The molecule has 1 saturated carbocycles. The number of halogens is 2. The number of nitrogens with zero attached hydrogens (tertiary/aromatic N) is 3. The lowest BCUT2D eigenvalue weighted by atomic mass is 9.77. The number of rotatable bonds is 1. The molecule has 0 N–H and O–H groups in total. The molecular weight excluding hydrogens is 314 g/mol. The van der Waals surface area contributed by atoms with Crippen LogP contribution in [0.2, 0.25) is 5.28 Å². The summed E-state index contributed by atoms with van der Waals surface area (Å²) in [5.74, 6) is 0.947. The molecule has 18 heavy (non-hydrogen) atoms. The smallest absolute Gasteiger partial charge is 0.224 e. The van der Waals surface area contributed by atoms with Gasteiger partial charge in [0.15, 0.2) is 0 Å². The van der Waals surface area contributed by atoms with Gasteiger partial charge in [-0.2, -0.15) is 4.98 Å². The third-order valence-electron chi connectivity index (χ3n) is 4.48. The Morgan fingerprint density at radius 2 is 1.83 bits per heavy atom. The van der Waals surface area contributed by atoms with E-state index in [1.807, 2.05) is 0 Å². The first kappa shape index (κ1) is 12.7. The van der Waals surface area contributed by atoms with Gasteiger partial charge in [0.25, 0.3) is 0 Å². The minimum atomic E-state index is 0.328. The number of hydrogen-bond acceptors (Lipinski definition) is 3. The van der Waals surface area contributed by atoms with Crippen molar-refractivity contribution in [1.29, 1.82) is 0 Å². The third kappa shape index (κ3) is 2.37. The standard InChI is InChI=1S/C13H17BrClN3/c14-10-9-16-12(15)17-11(10)18-7-5-13(6-8-18)3-1-2-4-13/h9H,1-8H2. The zero-order chi connectivity index (χ0) is 12.6. The minimum Gasteiger partial charge on any atom is -0.355 e. The van der Waals surface area contributed by atoms with Crippen molar-refractivity contribution in [2.45, 2.75) is 38.5 Å². The number of piperidine rings is 1. The van der Waals surface area contributed by atoms with E-state index < -0.39 is 0 Å². The van der Waals surface area contributed by atoms with Gasteiger partial charge in [0, 0.05) is 19.3 Å². The van der Waals surface area contributed by atoms with Crippen molar-refractivity contribution in [2.75, 3.05) is 18.0 Å². The molecule has 3 nitrogen and oxygen atoms in total. The molecule has 1 saturated heterocycles. The van der Waals surface area contributed by atoms with E-state index in [0.717, 1.165) is 23.4 Å². The van der Waals surface area contributed by atoms with Crippen LogP contribution in [0.1, 0.15) is 38.5 Å². The molecule has 98 valence electrons. The first-order valence-corrected chi connectivity index (χ1v) is 7.79. The Morgan fingerprint density at radius 1 is 1.17 bits per heavy atom. The zero-order valence-corrected chi connectivity index (χ0v) is 12.7. The molecule has 5 heteroatoms. The van der Waals surface area contributed by atoms with Crippen molar-refractivity contribution >= 4 is 33.3 Å². The van der Waals surface area contributed by atoms with Gasteiger partial charge in [0.05, 0.1) is 4.47 Å². The Morgan fingerprint density at radius 3 is 2.50 bits per heavy atom. The lowest BCUT2D eigenvalue weighted by Gasteiger charge is -2.40. The quantitative estimate of drug-likeness (QED) is 0.727. The second-order valence-electron chi connectivity index (χ2n) is 5.50. The van der Waals surface area contributed by atoms with Gasteiger partial charge in [0.1, 0.15) is 5.82 Å². The predicted octanol–water partition coefficient (Wildman–Crippen LogP) is 4.05. The van der Waals surface area contributed by atoms with Crippen molar-refractivity contribution in [2.24, 2.45) is 5.41 Å². The third-order valence-corrected chi connectivity index (χ3v) is 5.23. The summed E-state index contributed by atoms with van der Waals surface area (Å²) in [7, 11) is 0. The van der Waals surface area contributed by atoms with Gasteiger partial charge < -0.3 is 4.90 Å². The average molecular weight is 331 g/mol. The number of hydrogen-bond donors (Lipinski definition) is 0. The summed E-state index contributed by atoms with van der Waals surface area (Å²) in [6.07, 6.45) is 10.0. The fraction of sp³-hybridized carbons (Fsp3) is 0.692. The van der Waals surface area contributed by atoms with E-state index in [1.165, 1.54) is 38.5 Å². The molecule has 0 unspecified atom stereocenters. The van der Waals surface area contributed by atoms with Crippen LogP contribution >= 0.6 is 27.5 Å². The highest BCUT2D eigenvalue weighted by Crippen LogP contribution is 2.46. The van der Waals surface area contributed by atoms with E-state index in [9.17, 15) is 0 Å². The maximum atomic E-state index is 5.89. The molecule has 1 aliphatic carbocycles. The molecule has 3 rings (SSSR count). The van der Waals surface area contributed by atoms with Crippen molar-refractivity contribution in [3.63, 3.8) is 0 Å². The van der Waals surface area contributed by atoms with Crippen molar-refractivity contribution in [1.82, 2.24) is 9.97 Å². The summed E-state index contributed by atoms with van der Waals surface area (Å²) in [4.78, 5) is 10.7. The summed E-state index contributed by atoms with van der Waals surface area (Å²) in [5.41, 5.74) is 0.639. The van der Waals surface area contributed by atoms with E-state index in [-0.39, 0.29) is 0 Å². The van der Waals surface area contributed by atoms with Crippen molar-refractivity contribution in [3.8, 4) is 0 Å². The SMILES string of the molecule is Clc1ncc(Br)c(N2CCC3(CCCC3)CC2)n1. The largest absolute Gasteiger partial charge is 0.355 e. The summed E-state index contributed by atoms with van der Waals surface area (Å²) >= 11 is 9.40. The van der Waals surface area contributed by atoms with Crippen molar-refractivity contribution < 1.29 is 0 Å². The van der Waals surface area contributed by atoms with Gasteiger partial charge in [-0.3, -0.25) is 0 Å². The maximum absolute atomic E-state index is 5.89. The molecule has 0 aromatic carbocycles. The highest BCUT2D eigenvalue weighted by molar-refractivity contribution is 9.10. The molecule has 0 radical (unpaired) electrons. The van der Waals surface area contributed by atoms with E-state index in [4.69, 9.17) is 11.6 Å². The zero-order valence-electron chi connectivity index (χ0n) is 10.3. The molecule has 1 aromatic rings. The molecule has 0 atom stereocenters. The molecule has 2 fully saturated rings. The highest BCUT2D eigenvalue weighted by atomic mass is 79.9. The second-order valence-corrected chi connectivity index (χ2v) is 6.70. The Balaban J connectivity index is 1.74. The summed E-state index contributed by atoms with van der Waals surface area (Å²) in [5, 5.41) is 0.328. The van der Waals surface area contributed by atoms with Gasteiger partial charge in [-0.05, 0) is 58.6 Å². The first-order valence-electron chi connectivity index (χ1n) is 6.62. The van der Waals surface area contributed by atoms with Crippen LogP contribution in [0.15, 0.2) is 10.7 Å². The van der Waals surface area contributed by atoms with E-state index in [2.05, 4.69) is 30.8 Å². The van der Waals surface area contributed by atoms with Gasteiger partial charge in [-0.25, -0.2) is 4.98 Å². The average Bonchev–Trinajstić information content (AvgIpc) is 2.82. The molecule has 2 aliphatic rings. The van der Waals surface area contributed by atoms with Gasteiger partial charge in [0.2, 0.25) is 5.28 Å². The Hall–Kier alpha value is -0.350. The van der Waals surface area contributed by atoms with Crippen LogP contribution in [0.3, 0.4) is 0 Å². The molecule has 1 aromatic heterocycles. The van der Waals surface area contributed by atoms with Gasteiger partial charge in [-0.15, -0.1) is 0 Å². The highest BCUT2D eigenvalue weighted by Gasteiger charge is 2.37. The van der Waals surface area contributed by atoms with Crippen LogP contribution in [0.4, 0.5) is 5.82 Å². The maximum Gasteiger partial charge on any atom is 0.224 e. The van der Waals surface area contributed by atoms with Crippen LogP contribution in [0.5, 0.6) is 0 Å². The molecular formula is C13H17BrClN3. The van der Waals surface area contributed by atoms with Gasteiger partial charge >= 0.3 is 0 Å². The predicted molar refractivity (Wildman–Crippen MR) is 77.1 cm³/mol. The molecule has 1 aliphatic heterocycles. The Labute approximate surface area is 121 Å². The fourth-order valence-electron chi connectivity index (χ4n) is 3.38. The van der Waals surface area contributed by atoms with Gasteiger partial charge in [-0.1, -0.05) is 12.8 Å². The monoisotopic (exact) mass is 329 g/mol. The van der Waals surface area contributed by atoms with Crippen LogP contribution in [0.25, 0.3) is 0 Å². The van der Waals surface area contributed by atoms with Crippen LogP contribution in [0, 0.1) is 5.41 Å². The topological polar surface area (TPSA) is 29.0 Å². The molecule has 2 heterocycles. The molecule has 1 spiro atoms. The number of anilines is 1. The fourth-order valence-corrected chi connectivity index (χ4v) is 3.95. The van der Waals surface area contributed by atoms with Crippen LogP contribution < -0.4 is 4.90 Å². The van der Waals surface area contributed by atoms with Crippen molar-refractivity contribution in [3.05, 3.63) is 16.0 Å². The molecule has 0 amide bonds. The van der Waals surface area contributed by atoms with E-state index >= 15 is 0 Å². The van der Waals surface area contributed by atoms with Crippen LogP contribution in [-0.2, 0) is 0 Å². The summed E-state index contributed by atoms with van der Waals surface area (Å²) in [6, 6.07) is 0. The summed E-state index contributed by atoms with van der Waals surface area (Å²) < 4.78 is 0.939. The Kier molecular flexibility index (Phi) is 3.50. The van der Waals surface area contributed by atoms with E-state index in [1.54, 1.807) is 6.20 Å². The van der Waals surface area contributed by atoms with E-state index in [0.29, 0.717) is 10.7 Å². The normalized spacial score (nSPS) is 22.7. The first-order chi connectivity index (χ1) is 8.69. The minimum absolute atomic E-state index is 0.328. The number of aromatic nitrogens is 2.